The van der Waals surface area contributed by atoms with Crippen LogP contribution in [0.25, 0.3) is 0 Å². The normalized spacial score (nSPS) is 19.9. The van der Waals surface area contributed by atoms with Crippen LogP contribution < -0.4 is 5.32 Å². The highest BCUT2D eigenvalue weighted by molar-refractivity contribution is 9.10. The number of halogens is 1. The lowest BCUT2D eigenvalue weighted by Gasteiger charge is -2.20. The second-order valence-electron chi connectivity index (χ2n) is 5.32. The van der Waals surface area contributed by atoms with Gasteiger partial charge in [-0.1, -0.05) is 0 Å². The van der Waals surface area contributed by atoms with Gasteiger partial charge < -0.3 is 10.2 Å². The largest absolute Gasteiger partial charge is 0.352 e. The van der Waals surface area contributed by atoms with Crippen LogP contribution in [0.3, 0.4) is 0 Å². The van der Waals surface area contributed by atoms with Crippen molar-refractivity contribution < 1.29 is 4.79 Å². The molecular weight excluding hydrogens is 306 g/mol. The van der Waals surface area contributed by atoms with Crippen molar-refractivity contribution in [3.63, 3.8) is 0 Å². The quantitative estimate of drug-likeness (QED) is 0.864. The second kappa shape index (κ2) is 6.48. The number of hydrogen-bond acceptors (Lipinski definition) is 3. The average molecular weight is 326 g/mol. The van der Waals surface area contributed by atoms with Gasteiger partial charge in [0.05, 0.1) is 5.56 Å². The molecule has 5 heteroatoms. The van der Waals surface area contributed by atoms with Gasteiger partial charge in [0, 0.05) is 25.3 Å². The van der Waals surface area contributed by atoms with E-state index in [4.69, 9.17) is 0 Å². The molecule has 1 unspecified atom stereocenters. The fraction of sp³-hybridized carbons (Fsp3) is 0.571. The van der Waals surface area contributed by atoms with E-state index in [2.05, 4.69) is 45.0 Å². The highest BCUT2D eigenvalue weighted by atomic mass is 79.9. The topological polar surface area (TPSA) is 45.2 Å². The first kappa shape index (κ1) is 14.5. The fourth-order valence-corrected chi connectivity index (χ4v) is 2.58. The Labute approximate surface area is 122 Å². The summed E-state index contributed by atoms with van der Waals surface area (Å²) in [4.78, 5) is 18.5. The zero-order valence-corrected chi connectivity index (χ0v) is 13.0. The third-order valence-corrected chi connectivity index (χ3v) is 4.06. The molecule has 1 fully saturated rings. The Bertz CT molecular complexity index is 433. The molecule has 0 bridgehead atoms. The van der Waals surface area contributed by atoms with E-state index in [0.717, 1.165) is 30.7 Å². The molecule has 1 atom stereocenters. The molecule has 1 amide bonds. The van der Waals surface area contributed by atoms with Crippen molar-refractivity contribution >= 4 is 21.8 Å². The summed E-state index contributed by atoms with van der Waals surface area (Å²) in [6.45, 7) is 7.40. The molecule has 1 saturated heterocycles. The van der Waals surface area contributed by atoms with Gasteiger partial charge in [-0.05, 0) is 60.8 Å². The van der Waals surface area contributed by atoms with Crippen LogP contribution in [0, 0.1) is 5.92 Å². The third kappa shape index (κ3) is 4.01. The number of carbonyl (C=O) groups excluding carboxylic acids is 1. The number of pyridine rings is 1. The Hall–Kier alpha value is -0.940. The summed E-state index contributed by atoms with van der Waals surface area (Å²) >= 11 is 3.26. The Morgan fingerprint density at radius 2 is 2.37 bits per heavy atom. The van der Waals surface area contributed by atoms with Crippen LogP contribution in [-0.2, 0) is 0 Å². The van der Waals surface area contributed by atoms with Crippen molar-refractivity contribution in [2.45, 2.75) is 26.3 Å². The third-order valence-electron chi connectivity index (χ3n) is 3.59. The summed E-state index contributed by atoms with van der Waals surface area (Å²) in [7, 11) is 0. The molecule has 104 valence electrons. The molecule has 4 nitrogen and oxygen atoms in total. The molecule has 2 heterocycles. The van der Waals surface area contributed by atoms with Crippen molar-refractivity contribution in [2.75, 3.05) is 19.6 Å². The SMILES string of the molecule is CC(C)N1CCC(CNC(=O)c2ccc(Br)nc2)C1. The van der Waals surface area contributed by atoms with Gasteiger partial charge in [0.25, 0.3) is 5.91 Å². The van der Waals surface area contributed by atoms with Crippen LogP contribution >= 0.6 is 15.9 Å². The predicted molar refractivity (Wildman–Crippen MR) is 79.1 cm³/mol. The van der Waals surface area contributed by atoms with Gasteiger partial charge in [0.2, 0.25) is 0 Å². The molecule has 1 aliphatic heterocycles. The van der Waals surface area contributed by atoms with Crippen LogP contribution in [0.4, 0.5) is 0 Å². The summed E-state index contributed by atoms with van der Waals surface area (Å²) in [6, 6.07) is 4.16. The maximum atomic E-state index is 11.9. The number of carbonyl (C=O) groups is 1. The molecule has 19 heavy (non-hydrogen) atoms. The number of aromatic nitrogens is 1. The minimum absolute atomic E-state index is 0.0389. The minimum Gasteiger partial charge on any atom is -0.352 e. The van der Waals surface area contributed by atoms with Crippen LogP contribution in [0.5, 0.6) is 0 Å². The standard InChI is InChI=1S/C14H20BrN3O/c1-10(2)18-6-5-11(9-18)7-17-14(19)12-3-4-13(15)16-8-12/h3-4,8,10-11H,5-7,9H2,1-2H3,(H,17,19). The summed E-state index contributed by atoms with van der Waals surface area (Å²) in [5.74, 6) is 0.526. The minimum atomic E-state index is -0.0389. The number of nitrogens with zero attached hydrogens (tertiary/aromatic N) is 2. The summed E-state index contributed by atoms with van der Waals surface area (Å²) < 4.78 is 0.743. The van der Waals surface area contributed by atoms with Gasteiger partial charge in [-0.2, -0.15) is 0 Å². The second-order valence-corrected chi connectivity index (χ2v) is 6.14. The van der Waals surface area contributed by atoms with E-state index in [1.807, 2.05) is 0 Å². The van der Waals surface area contributed by atoms with Crippen molar-refractivity contribution in [3.05, 3.63) is 28.5 Å². The summed E-state index contributed by atoms with van der Waals surface area (Å²) in [6.07, 6.45) is 2.76. The lowest BCUT2D eigenvalue weighted by atomic mass is 10.1. The lowest BCUT2D eigenvalue weighted by Crippen LogP contribution is -2.33. The maximum absolute atomic E-state index is 11.9. The summed E-state index contributed by atoms with van der Waals surface area (Å²) in [5, 5.41) is 3.00. The van der Waals surface area contributed by atoms with Crippen molar-refractivity contribution in [2.24, 2.45) is 5.92 Å². The number of nitrogens with one attached hydrogen (secondary N) is 1. The Morgan fingerprint density at radius 1 is 1.58 bits per heavy atom. The van der Waals surface area contributed by atoms with Crippen molar-refractivity contribution in [1.29, 1.82) is 0 Å². The predicted octanol–water partition coefficient (Wildman–Crippen LogP) is 2.30. The molecule has 0 saturated carbocycles. The van der Waals surface area contributed by atoms with E-state index in [1.54, 1.807) is 18.3 Å². The zero-order chi connectivity index (χ0) is 13.8. The Kier molecular flexibility index (Phi) is 4.93. The molecule has 0 spiro atoms. The smallest absolute Gasteiger partial charge is 0.252 e. The van der Waals surface area contributed by atoms with Gasteiger partial charge in [-0.3, -0.25) is 4.79 Å². The Morgan fingerprint density at radius 3 is 2.95 bits per heavy atom. The Balaban J connectivity index is 1.80. The highest BCUT2D eigenvalue weighted by Gasteiger charge is 2.24. The monoisotopic (exact) mass is 325 g/mol. The molecular formula is C14H20BrN3O. The van der Waals surface area contributed by atoms with Gasteiger partial charge >= 0.3 is 0 Å². The van der Waals surface area contributed by atoms with E-state index < -0.39 is 0 Å². The van der Waals surface area contributed by atoms with E-state index in [-0.39, 0.29) is 5.91 Å². The zero-order valence-electron chi connectivity index (χ0n) is 11.4. The molecule has 1 aromatic heterocycles. The first-order valence-corrected chi connectivity index (χ1v) is 7.49. The number of hydrogen-bond donors (Lipinski definition) is 1. The lowest BCUT2D eigenvalue weighted by molar-refractivity contribution is 0.0946. The van der Waals surface area contributed by atoms with Crippen LogP contribution in [0.15, 0.2) is 22.9 Å². The van der Waals surface area contributed by atoms with Gasteiger partial charge in [0.1, 0.15) is 4.60 Å². The molecule has 0 aromatic carbocycles. The van der Waals surface area contributed by atoms with Crippen LogP contribution in [0.1, 0.15) is 30.6 Å². The van der Waals surface area contributed by atoms with E-state index in [9.17, 15) is 4.79 Å². The first-order valence-electron chi connectivity index (χ1n) is 6.70. The van der Waals surface area contributed by atoms with Crippen LogP contribution in [-0.4, -0.2) is 41.5 Å². The maximum Gasteiger partial charge on any atom is 0.252 e. The molecule has 1 aromatic rings. The molecule has 1 aliphatic rings. The van der Waals surface area contributed by atoms with Crippen molar-refractivity contribution in [1.82, 2.24) is 15.2 Å². The van der Waals surface area contributed by atoms with Crippen molar-refractivity contribution in [3.8, 4) is 0 Å². The fourth-order valence-electron chi connectivity index (χ4n) is 2.35. The average Bonchev–Trinajstić information content (AvgIpc) is 2.86. The molecule has 0 aliphatic carbocycles. The molecule has 1 N–H and O–H groups in total. The highest BCUT2D eigenvalue weighted by Crippen LogP contribution is 2.17. The number of rotatable bonds is 4. The van der Waals surface area contributed by atoms with E-state index in [0.29, 0.717) is 17.5 Å². The molecule has 2 rings (SSSR count). The van der Waals surface area contributed by atoms with Gasteiger partial charge in [-0.25, -0.2) is 4.98 Å². The van der Waals surface area contributed by atoms with E-state index >= 15 is 0 Å². The first-order chi connectivity index (χ1) is 9.06. The molecule has 0 radical (unpaired) electrons. The summed E-state index contributed by atoms with van der Waals surface area (Å²) in [5.41, 5.74) is 0.613. The number of amides is 1. The van der Waals surface area contributed by atoms with Gasteiger partial charge in [-0.15, -0.1) is 0 Å². The van der Waals surface area contributed by atoms with E-state index in [1.165, 1.54) is 0 Å². The number of likely N-dealkylation sites (tertiary alicyclic amines) is 1. The van der Waals surface area contributed by atoms with Gasteiger partial charge in [0.15, 0.2) is 0 Å². The van der Waals surface area contributed by atoms with Crippen LogP contribution in [0.2, 0.25) is 0 Å².